The number of aryl methyl sites for hydroxylation is 1. The van der Waals surface area contributed by atoms with Crippen LogP contribution in [0.2, 0.25) is 0 Å². The van der Waals surface area contributed by atoms with Gasteiger partial charge in [-0.3, -0.25) is 5.10 Å². The molecule has 3 rings (SSSR count). The minimum Gasteiger partial charge on any atom is -0.453 e. The molecule has 1 N–H and O–H groups in total. The van der Waals surface area contributed by atoms with Crippen molar-refractivity contribution in [2.24, 2.45) is 0 Å². The van der Waals surface area contributed by atoms with Gasteiger partial charge in [-0.25, -0.2) is 22.5 Å². The van der Waals surface area contributed by atoms with Gasteiger partial charge in [-0.2, -0.15) is 5.10 Å². The van der Waals surface area contributed by atoms with Crippen LogP contribution in [0.5, 0.6) is 0 Å². The number of aromatic nitrogens is 4. The summed E-state index contributed by atoms with van der Waals surface area (Å²) >= 11 is 0. The first-order valence-electron chi connectivity index (χ1n) is 7.92. The molecular formula is C16H19N5O4S. The lowest BCUT2D eigenvalue weighted by Crippen LogP contribution is -2.22. The van der Waals surface area contributed by atoms with E-state index in [4.69, 9.17) is 4.74 Å². The molecule has 3 aromatic rings. The lowest BCUT2D eigenvalue weighted by molar-refractivity contribution is 0.0451. The normalized spacial score (nSPS) is 12.0. The number of carbonyl (C=O) groups excluding carboxylic acids is 1. The standard InChI is InChI=1S/C16H19N5O4S/c1-4-21-14-6-5-11(26(23,24)20(2)3)9-13(14)18-15(21)10-25-16(22)12-7-8-17-19-12/h5-9H,4,10H2,1-3H3,(H,17,19). The quantitative estimate of drug-likeness (QED) is 0.650. The number of sulfonamides is 1. The number of nitrogens with zero attached hydrogens (tertiary/aromatic N) is 4. The third-order valence-electron chi connectivity index (χ3n) is 3.95. The molecule has 0 spiro atoms. The number of rotatable bonds is 6. The number of hydrogen-bond donors (Lipinski definition) is 1. The highest BCUT2D eigenvalue weighted by molar-refractivity contribution is 7.89. The molecule has 26 heavy (non-hydrogen) atoms. The third kappa shape index (κ3) is 3.20. The van der Waals surface area contributed by atoms with Gasteiger partial charge in [-0.05, 0) is 31.2 Å². The Balaban J connectivity index is 1.92. The summed E-state index contributed by atoms with van der Waals surface area (Å²) in [6.07, 6.45) is 1.46. The van der Waals surface area contributed by atoms with Crippen LogP contribution in [-0.2, 0) is 27.9 Å². The first-order valence-corrected chi connectivity index (χ1v) is 9.36. The molecule has 0 saturated heterocycles. The van der Waals surface area contributed by atoms with Gasteiger partial charge in [0, 0.05) is 26.8 Å². The first-order chi connectivity index (χ1) is 12.3. The van der Waals surface area contributed by atoms with Crippen molar-refractivity contribution in [2.45, 2.75) is 25.0 Å². The van der Waals surface area contributed by atoms with Crippen molar-refractivity contribution in [3.05, 3.63) is 42.0 Å². The van der Waals surface area contributed by atoms with Crippen LogP contribution in [0.3, 0.4) is 0 Å². The van der Waals surface area contributed by atoms with Gasteiger partial charge in [0.05, 0.1) is 15.9 Å². The molecule has 2 aromatic heterocycles. The Kier molecular flexibility index (Phi) is 4.79. The van der Waals surface area contributed by atoms with Gasteiger partial charge < -0.3 is 9.30 Å². The molecule has 0 unspecified atom stereocenters. The minimum absolute atomic E-state index is 0.0316. The highest BCUT2D eigenvalue weighted by Gasteiger charge is 2.20. The van der Waals surface area contributed by atoms with Crippen LogP contribution in [0.1, 0.15) is 23.2 Å². The molecule has 0 fully saturated rings. The molecule has 0 amide bonds. The number of fused-ring (bicyclic) bond motifs is 1. The smallest absolute Gasteiger partial charge is 0.356 e. The summed E-state index contributed by atoms with van der Waals surface area (Å²) in [7, 11) is -0.593. The van der Waals surface area contributed by atoms with Crippen molar-refractivity contribution in [1.29, 1.82) is 0 Å². The second-order valence-corrected chi connectivity index (χ2v) is 7.91. The maximum Gasteiger partial charge on any atom is 0.356 e. The van der Waals surface area contributed by atoms with Crippen LogP contribution in [-0.4, -0.2) is 52.5 Å². The second-order valence-electron chi connectivity index (χ2n) is 5.76. The molecule has 0 aliphatic carbocycles. The van der Waals surface area contributed by atoms with Crippen molar-refractivity contribution < 1.29 is 17.9 Å². The average Bonchev–Trinajstić information content (AvgIpc) is 3.26. The average molecular weight is 377 g/mol. The van der Waals surface area contributed by atoms with E-state index >= 15 is 0 Å². The number of imidazole rings is 1. The van der Waals surface area contributed by atoms with Crippen LogP contribution >= 0.6 is 0 Å². The van der Waals surface area contributed by atoms with E-state index in [0.717, 1.165) is 9.82 Å². The molecule has 9 nitrogen and oxygen atoms in total. The number of H-pyrrole nitrogens is 1. The number of hydrogen-bond acceptors (Lipinski definition) is 6. The zero-order valence-corrected chi connectivity index (χ0v) is 15.4. The van der Waals surface area contributed by atoms with Gasteiger partial charge in [0.15, 0.2) is 0 Å². The summed E-state index contributed by atoms with van der Waals surface area (Å²) in [4.78, 5) is 16.6. The van der Waals surface area contributed by atoms with Crippen LogP contribution in [0.4, 0.5) is 0 Å². The lowest BCUT2D eigenvalue weighted by atomic mass is 10.3. The molecule has 0 aliphatic heterocycles. The van der Waals surface area contributed by atoms with Crippen LogP contribution in [0.15, 0.2) is 35.4 Å². The monoisotopic (exact) mass is 377 g/mol. The molecule has 1 aromatic carbocycles. The van der Waals surface area contributed by atoms with Crippen LogP contribution in [0.25, 0.3) is 11.0 Å². The second kappa shape index (κ2) is 6.89. The van der Waals surface area contributed by atoms with E-state index in [1.165, 1.54) is 32.4 Å². The summed E-state index contributed by atoms with van der Waals surface area (Å²) in [5, 5.41) is 6.25. The Morgan fingerprint density at radius 3 is 2.69 bits per heavy atom. The molecule has 0 aliphatic rings. The van der Waals surface area contributed by atoms with Gasteiger partial charge in [0.25, 0.3) is 0 Å². The van der Waals surface area contributed by atoms with Gasteiger partial charge in [0.1, 0.15) is 18.1 Å². The van der Waals surface area contributed by atoms with Gasteiger partial charge >= 0.3 is 5.97 Å². The summed E-state index contributed by atoms with van der Waals surface area (Å²) in [6, 6.07) is 6.30. The highest BCUT2D eigenvalue weighted by Crippen LogP contribution is 2.22. The molecular weight excluding hydrogens is 358 g/mol. The SMILES string of the molecule is CCn1c(COC(=O)c2ccn[nH]2)nc2cc(S(=O)(=O)N(C)C)ccc21. The Bertz CT molecular complexity index is 1040. The molecule has 0 atom stereocenters. The summed E-state index contributed by atoms with van der Waals surface area (Å²) < 4.78 is 32.9. The number of benzene rings is 1. The molecule has 0 bridgehead atoms. The fourth-order valence-corrected chi connectivity index (χ4v) is 3.49. The Morgan fingerprint density at radius 1 is 1.31 bits per heavy atom. The third-order valence-corrected chi connectivity index (χ3v) is 5.76. The van der Waals surface area contributed by atoms with Gasteiger partial charge in [-0.1, -0.05) is 0 Å². The van der Waals surface area contributed by atoms with E-state index in [-0.39, 0.29) is 17.2 Å². The molecule has 2 heterocycles. The maximum absolute atomic E-state index is 12.3. The molecule has 0 radical (unpaired) electrons. The predicted molar refractivity (Wildman–Crippen MR) is 94.0 cm³/mol. The molecule has 10 heteroatoms. The largest absolute Gasteiger partial charge is 0.453 e. The fraction of sp³-hybridized carbons (Fsp3) is 0.312. The zero-order chi connectivity index (χ0) is 18.9. The first kappa shape index (κ1) is 18.1. The number of aromatic amines is 1. The molecule has 0 saturated carbocycles. The minimum atomic E-state index is -3.55. The van der Waals surface area contributed by atoms with Crippen molar-refractivity contribution in [3.63, 3.8) is 0 Å². The number of carbonyl (C=O) groups is 1. The van der Waals surface area contributed by atoms with Crippen molar-refractivity contribution in [1.82, 2.24) is 24.1 Å². The predicted octanol–water partition coefficient (Wildman–Crippen LogP) is 1.39. The Hall–Kier alpha value is -2.72. The van der Waals surface area contributed by atoms with E-state index in [2.05, 4.69) is 15.2 Å². The van der Waals surface area contributed by atoms with E-state index in [0.29, 0.717) is 17.9 Å². The summed E-state index contributed by atoms with van der Waals surface area (Å²) in [6.45, 7) is 2.51. The van der Waals surface area contributed by atoms with E-state index < -0.39 is 16.0 Å². The van der Waals surface area contributed by atoms with Gasteiger partial charge in [0.2, 0.25) is 10.0 Å². The van der Waals surface area contributed by atoms with Gasteiger partial charge in [-0.15, -0.1) is 0 Å². The van der Waals surface area contributed by atoms with Crippen LogP contribution < -0.4 is 0 Å². The van der Waals surface area contributed by atoms with E-state index in [9.17, 15) is 13.2 Å². The zero-order valence-electron chi connectivity index (χ0n) is 14.6. The van der Waals surface area contributed by atoms with E-state index in [1.807, 2.05) is 11.5 Å². The number of nitrogens with one attached hydrogen (secondary N) is 1. The topological polar surface area (TPSA) is 110 Å². The summed E-state index contributed by atoms with van der Waals surface area (Å²) in [5.41, 5.74) is 1.56. The Labute approximate surface area is 150 Å². The number of ether oxygens (including phenoxy) is 1. The van der Waals surface area contributed by atoms with Crippen molar-refractivity contribution in [2.75, 3.05) is 14.1 Å². The maximum atomic E-state index is 12.3. The lowest BCUT2D eigenvalue weighted by Gasteiger charge is -2.11. The van der Waals surface area contributed by atoms with Crippen molar-refractivity contribution >= 4 is 27.0 Å². The fourth-order valence-electron chi connectivity index (χ4n) is 2.57. The van der Waals surface area contributed by atoms with Crippen molar-refractivity contribution in [3.8, 4) is 0 Å². The summed E-state index contributed by atoms with van der Waals surface area (Å²) in [5.74, 6) is 0.00264. The van der Waals surface area contributed by atoms with Crippen LogP contribution in [0, 0.1) is 0 Å². The van der Waals surface area contributed by atoms with E-state index in [1.54, 1.807) is 12.1 Å². The number of esters is 1. The Morgan fingerprint density at radius 2 is 2.08 bits per heavy atom. The highest BCUT2D eigenvalue weighted by atomic mass is 32.2. The molecule has 138 valence electrons.